The molecule has 7 nitrogen and oxygen atoms in total. The maximum atomic E-state index is 12.3. The number of rotatable bonds is 6. The lowest BCUT2D eigenvalue weighted by atomic mass is 9.96. The minimum Gasteiger partial charge on any atom is -0.455 e. The Morgan fingerprint density at radius 2 is 2.09 bits per heavy atom. The summed E-state index contributed by atoms with van der Waals surface area (Å²) < 4.78 is 30.8. The third-order valence-corrected chi connectivity index (χ3v) is 6.08. The van der Waals surface area contributed by atoms with Crippen LogP contribution in [0.4, 0.5) is 0 Å². The van der Waals surface area contributed by atoms with E-state index in [4.69, 9.17) is 10.2 Å². The molecule has 1 fully saturated rings. The van der Waals surface area contributed by atoms with Gasteiger partial charge in [-0.3, -0.25) is 4.79 Å². The van der Waals surface area contributed by atoms with Gasteiger partial charge in [-0.05, 0) is 32.6 Å². The molecule has 0 saturated heterocycles. The van der Waals surface area contributed by atoms with Crippen LogP contribution in [0.1, 0.15) is 36.1 Å². The minimum atomic E-state index is -3.64. The number of nitrogens with zero attached hydrogens (tertiary/aromatic N) is 1. The summed E-state index contributed by atoms with van der Waals surface area (Å²) in [5, 5.41) is 2.88. The molecule has 22 heavy (non-hydrogen) atoms. The van der Waals surface area contributed by atoms with Crippen LogP contribution in [-0.2, 0) is 10.0 Å². The highest BCUT2D eigenvalue weighted by molar-refractivity contribution is 7.89. The average Bonchev–Trinajstić information content (AvgIpc) is 3.21. The van der Waals surface area contributed by atoms with Gasteiger partial charge in [0.05, 0.1) is 5.54 Å². The normalized spacial score (nSPS) is 18.3. The van der Waals surface area contributed by atoms with Crippen molar-refractivity contribution in [3.63, 3.8) is 0 Å². The van der Waals surface area contributed by atoms with Gasteiger partial charge in [0, 0.05) is 26.7 Å². The number of furan rings is 1. The molecule has 0 radical (unpaired) electrons. The summed E-state index contributed by atoms with van der Waals surface area (Å²) >= 11 is 0. The number of hydrogen-bond donors (Lipinski definition) is 2. The Hall–Kier alpha value is -1.38. The average molecular weight is 329 g/mol. The van der Waals surface area contributed by atoms with Crippen molar-refractivity contribution in [1.82, 2.24) is 9.62 Å². The van der Waals surface area contributed by atoms with Crippen molar-refractivity contribution >= 4 is 15.9 Å². The van der Waals surface area contributed by atoms with E-state index in [0.717, 1.165) is 17.1 Å². The first kappa shape index (κ1) is 17.0. The van der Waals surface area contributed by atoms with Gasteiger partial charge in [0.15, 0.2) is 5.76 Å². The van der Waals surface area contributed by atoms with Crippen molar-refractivity contribution < 1.29 is 17.6 Å². The molecule has 1 heterocycles. The molecule has 124 valence electrons. The van der Waals surface area contributed by atoms with Crippen molar-refractivity contribution in [2.45, 2.75) is 37.1 Å². The molecule has 1 aliphatic rings. The van der Waals surface area contributed by atoms with E-state index < -0.39 is 21.5 Å². The van der Waals surface area contributed by atoms with Crippen LogP contribution in [-0.4, -0.2) is 44.8 Å². The van der Waals surface area contributed by atoms with Gasteiger partial charge in [-0.25, -0.2) is 12.7 Å². The smallest absolute Gasteiger partial charge is 0.287 e. The van der Waals surface area contributed by atoms with E-state index in [-0.39, 0.29) is 16.4 Å². The summed E-state index contributed by atoms with van der Waals surface area (Å²) in [6.07, 6.45) is 2.07. The van der Waals surface area contributed by atoms with Crippen molar-refractivity contribution in [3.05, 3.63) is 17.6 Å². The second-order valence-electron chi connectivity index (χ2n) is 6.17. The highest BCUT2D eigenvalue weighted by Crippen LogP contribution is 2.39. The Morgan fingerprint density at radius 3 is 2.55 bits per heavy atom. The van der Waals surface area contributed by atoms with Gasteiger partial charge in [0.25, 0.3) is 5.91 Å². The highest BCUT2D eigenvalue weighted by Gasteiger charge is 2.42. The van der Waals surface area contributed by atoms with Crippen molar-refractivity contribution in [2.24, 2.45) is 11.7 Å². The van der Waals surface area contributed by atoms with Crippen LogP contribution in [0.3, 0.4) is 0 Å². The van der Waals surface area contributed by atoms with Crippen LogP contribution < -0.4 is 11.1 Å². The molecular formula is C14H23N3O4S. The van der Waals surface area contributed by atoms with Gasteiger partial charge >= 0.3 is 0 Å². The molecule has 3 N–H and O–H groups in total. The Bertz CT molecular complexity index is 676. The number of carbonyl (C=O) groups excluding carboxylic acids is 1. The zero-order valence-electron chi connectivity index (χ0n) is 13.3. The SMILES string of the molecule is Cc1oc(C(=O)NC(C)(CN)C2CC2)cc1S(=O)(=O)N(C)C. The Kier molecular flexibility index (Phi) is 4.38. The Balaban J connectivity index is 2.25. The molecule has 0 aliphatic heterocycles. The number of sulfonamides is 1. The standard InChI is InChI=1S/C14H23N3O4S/c1-9-12(22(19,20)17(3)4)7-11(21-9)13(18)16-14(2,8-15)10-5-6-10/h7,10H,5-6,8,15H2,1-4H3,(H,16,18). The topological polar surface area (TPSA) is 106 Å². The zero-order chi connectivity index (χ0) is 16.7. The summed E-state index contributed by atoms with van der Waals surface area (Å²) in [6, 6.07) is 1.27. The predicted molar refractivity (Wildman–Crippen MR) is 82.0 cm³/mol. The molecule has 1 atom stereocenters. The van der Waals surface area contributed by atoms with Crippen molar-refractivity contribution in [3.8, 4) is 0 Å². The van der Waals surface area contributed by atoms with Crippen LogP contribution in [0.2, 0.25) is 0 Å². The van der Waals surface area contributed by atoms with Crippen molar-refractivity contribution in [1.29, 1.82) is 0 Å². The Labute approximate surface area is 130 Å². The number of nitrogens with one attached hydrogen (secondary N) is 1. The predicted octanol–water partition coefficient (Wildman–Crippen LogP) is 0.696. The third-order valence-electron chi connectivity index (χ3n) is 4.16. The lowest BCUT2D eigenvalue weighted by molar-refractivity contribution is 0.0868. The number of nitrogens with two attached hydrogens (primary N) is 1. The molecule has 1 unspecified atom stereocenters. The molecule has 8 heteroatoms. The van der Waals surface area contributed by atoms with Crippen LogP contribution in [0, 0.1) is 12.8 Å². The van der Waals surface area contributed by atoms with Crippen LogP contribution in [0.5, 0.6) is 0 Å². The maximum Gasteiger partial charge on any atom is 0.287 e. The molecule has 0 aromatic carbocycles. The molecule has 0 bridgehead atoms. The molecular weight excluding hydrogens is 306 g/mol. The monoisotopic (exact) mass is 329 g/mol. The summed E-state index contributed by atoms with van der Waals surface area (Å²) in [7, 11) is -0.777. The van der Waals surface area contributed by atoms with Crippen LogP contribution >= 0.6 is 0 Å². The second-order valence-corrected chi connectivity index (χ2v) is 8.29. The fraction of sp³-hybridized carbons (Fsp3) is 0.643. The minimum absolute atomic E-state index is 0.00326. The lowest BCUT2D eigenvalue weighted by Gasteiger charge is -2.28. The van der Waals surface area contributed by atoms with E-state index in [1.807, 2.05) is 6.92 Å². The largest absolute Gasteiger partial charge is 0.455 e. The van der Waals surface area contributed by atoms with E-state index in [0.29, 0.717) is 12.5 Å². The van der Waals surface area contributed by atoms with Crippen LogP contribution in [0.15, 0.2) is 15.4 Å². The maximum absolute atomic E-state index is 12.3. The van der Waals surface area contributed by atoms with Gasteiger partial charge in [-0.2, -0.15) is 0 Å². The third kappa shape index (κ3) is 3.04. The molecule has 1 amide bonds. The second kappa shape index (κ2) is 5.68. The number of carbonyl (C=O) groups is 1. The summed E-state index contributed by atoms with van der Waals surface area (Å²) in [5.41, 5.74) is 5.28. The first-order chi connectivity index (χ1) is 10.1. The molecule has 1 aromatic heterocycles. The summed E-state index contributed by atoms with van der Waals surface area (Å²) in [4.78, 5) is 12.3. The molecule has 0 spiro atoms. The Morgan fingerprint density at radius 1 is 1.50 bits per heavy atom. The van der Waals surface area contributed by atoms with Crippen LogP contribution in [0.25, 0.3) is 0 Å². The molecule has 1 aromatic rings. The summed E-state index contributed by atoms with van der Waals surface area (Å²) in [5.74, 6) is 0.101. The van der Waals surface area contributed by atoms with E-state index >= 15 is 0 Å². The van der Waals surface area contributed by atoms with Gasteiger partial charge in [-0.15, -0.1) is 0 Å². The quantitative estimate of drug-likeness (QED) is 0.799. The number of amides is 1. The summed E-state index contributed by atoms with van der Waals surface area (Å²) in [6.45, 7) is 3.75. The van der Waals surface area contributed by atoms with Crippen molar-refractivity contribution in [2.75, 3.05) is 20.6 Å². The first-order valence-electron chi connectivity index (χ1n) is 7.17. The van der Waals surface area contributed by atoms with E-state index in [1.165, 1.54) is 27.1 Å². The molecule has 2 rings (SSSR count). The van der Waals surface area contributed by atoms with Gasteiger partial charge < -0.3 is 15.5 Å². The number of hydrogen-bond acceptors (Lipinski definition) is 5. The molecule has 1 saturated carbocycles. The molecule has 1 aliphatic carbocycles. The zero-order valence-corrected chi connectivity index (χ0v) is 14.2. The van der Waals surface area contributed by atoms with Gasteiger partial charge in [0.2, 0.25) is 10.0 Å². The van der Waals surface area contributed by atoms with Gasteiger partial charge in [-0.1, -0.05) is 0 Å². The highest BCUT2D eigenvalue weighted by atomic mass is 32.2. The fourth-order valence-corrected chi connectivity index (χ4v) is 3.45. The van der Waals surface area contributed by atoms with E-state index in [2.05, 4.69) is 5.32 Å². The van der Waals surface area contributed by atoms with E-state index in [1.54, 1.807) is 0 Å². The first-order valence-corrected chi connectivity index (χ1v) is 8.61. The fourth-order valence-electron chi connectivity index (χ4n) is 2.39. The van der Waals surface area contributed by atoms with Gasteiger partial charge in [0.1, 0.15) is 10.7 Å². The lowest BCUT2D eigenvalue weighted by Crippen LogP contribution is -2.53. The number of aryl methyl sites for hydroxylation is 1. The van der Waals surface area contributed by atoms with E-state index in [9.17, 15) is 13.2 Å².